The third kappa shape index (κ3) is 2.27. The zero-order chi connectivity index (χ0) is 17.9. The summed E-state index contributed by atoms with van der Waals surface area (Å²) in [6.45, 7) is 2.64. The number of carboxylic acids is 1. The van der Waals surface area contributed by atoms with Crippen LogP contribution >= 0.6 is 0 Å². The number of hydrogen-bond acceptors (Lipinski definition) is 5. The number of rotatable bonds is 2. The summed E-state index contributed by atoms with van der Waals surface area (Å²) in [4.78, 5) is 42.3. The van der Waals surface area contributed by atoms with Gasteiger partial charge in [-0.2, -0.15) is 0 Å². The fourth-order valence-electron chi connectivity index (χ4n) is 4.01. The molecule has 0 aromatic carbocycles. The van der Waals surface area contributed by atoms with Gasteiger partial charge in [0.15, 0.2) is 0 Å². The van der Waals surface area contributed by atoms with Crippen LogP contribution in [0.1, 0.15) is 35.4 Å². The van der Waals surface area contributed by atoms with Crippen molar-refractivity contribution in [1.82, 2.24) is 14.5 Å². The highest BCUT2D eigenvalue weighted by Crippen LogP contribution is 2.59. The lowest BCUT2D eigenvalue weighted by atomic mass is 9.90. The minimum Gasteiger partial charge on any atom is -0.481 e. The maximum atomic E-state index is 13.0. The van der Waals surface area contributed by atoms with E-state index in [1.807, 2.05) is 0 Å². The summed E-state index contributed by atoms with van der Waals surface area (Å²) >= 11 is 0. The second-order valence-corrected chi connectivity index (χ2v) is 7.12. The summed E-state index contributed by atoms with van der Waals surface area (Å²) in [6.07, 6.45) is 3.43. The predicted octanol–water partition coefficient (Wildman–Crippen LogP) is 1.16. The first-order chi connectivity index (χ1) is 11.8. The number of amides is 1. The van der Waals surface area contributed by atoms with Gasteiger partial charge in [-0.05, 0) is 31.6 Å². The molecule has 25 heavy (non-hydrogen) atoms. The number of aromatic nitrogens is 2. The lowest BCUT2D eigenvalue weighted by Crippen LogP contribution is -2.40. The Morgan fingerprint density at radius 3 is 2.64 bits per heavy atom. The Hall–Kier alpha value is -2.64. The molecule has 1 unspecified atom stereocenters. The molecule has 1 aliphatic carbocycles. The number of aryl methyl sites for hydroxylation is 2. The molecule has 2 aliphatic rings. The van der Waals surface area contributed by atoms with Crippen LogP contribution in [0.25, 0.3) is 11.1 Å². The summed E-state index contributed by atoms with van der Waals surface area (Å²) in [5, 5.41) is 9.38. The van der Waals surface area contributed by atoms with Gasteiger partial charge in [0, 0.05) is 20.1 Å². The summed E-state index contributed by atoms with van der Waals surface area (Å²) in [6, 6.07) is 0. The van der Waals surface area contributed by atoms with Crippen LogP contribution in [-0.4, -0.2) is 44.5 Å². The molecule has 8 nitrogen and oxygen atoms in total. The third-order valence-electron chi connectivity index (χ3n) is 5.70. The standard InChI is InChI=1S/C17H19N3O5/c1-9-11(12-13(25-9)18-8-19(2)14(12)21)15(22)20-5-3-17(4-6-20)7-10(17)16(23)24/h8,10H,3-7H2,1-2H3,(H,23,24). The normalized spacial score (nSPS) is 21.7. The van der Waals surface area contributed by atoms with Gasteiger partial charge in [-0.1, -0.05) is 0 Å². The molecular formula is C17H19N3O5. The van der Waals surface area contributed by atoms with E-state index in [9.17, 15) is 19.5 Å². The Kier molecular flexibility index (Phi) is 3.28. The number of fused-ring (bicyclic) bond motifs is 1. The molecule has 2 aromatic rings. The Bertz CT molecular complexity index is 949. The molecule has 1 saturated heterocycles. The molecule has 1 aliphatic heterocycles. The van der Waals surface area contributed by atoms with Crippen molar-refractivity contribution >= 4 is 23.0 Å². The number of carbonyl (C=O) groups excluding carboxylic acids is 1. The van der Waals surface area contributed by atoms with Crippen molar-refractivity contribution in [2.45, 2.75) is 26.2 Å². The van der Waals surface area contributed by atoms with Crippen molar-refractivity contribution in [3.8, 4) is 0 Å². The average Bonchev–Trinajstić information content (AvgIpc) is 3.17. The van der Waals surface area contributed by atoms with Gasteiger partial charge < -0.3 is 19.0 Å². The first-order valence-electron chi connectivity index (χ1n) is 8.31. The number of likely N-dealkylation sites (tertiary alicyclic amines) is 1. The van der Waals surface area contributed by atoms with Gasteiger partial charge in [-0.15, -0.1) is 0 Å². The molecule has 1 N–H and O–H groups in total. The molecule has 132 valence electrons. The average molecular weight is 345 g/mol. The monoisotopic (exact) mass is 345 g/mol. The van der Waals surface area contributed by atoms with E-state index < -0.39 is 5.97 Å². The van der Waals surface area contributed by atoms with E-state index in [2.05, 4.69) is 4.98 Å². The Morgan fingerprint density at radius 1 is 1.36 bits per heavy atom. The number of carbonyl (C=O) groups is 2. The summed E-state index contributed by atoms with van der Waals surface area (Å²) in [7, 11) is 1.58. The number of furan rings is 1. The second-order valence-electron chi connectivity index (χ2n) is 7.12. The quantitative estimate of drug-likeness (QED) is 0.875. The molecule has 4 rings (SSSR count). The van der Waals surface area contributed by atoms with Crippen LogP contribution < -0.4 is 5.56 Å². The van der Waals surface area contributed by atoms with E-state index in [1.54, 1.807) is 18.9 Å². The van der Waals surface area contributed by atoms with E-state index in [4.69, 9.17) is 4.42 Å². The highest BCUT2D eigenvalue weighted by molar-refractivity contribution is 6.06. The number of nitrogens with zero attached hydrogens (tertiary/aromatic N) is 3. The topological polar surface area (TPSA) is 106 Å². The van der Waals surface area contributed by atoms with Gasteiger partial charge in [-0.3, -0.25) is 14.4 Å². The molecule has 1 atom stereocenters. The lowest BCUT2D eigenvalue weighted by molar-refractivity contribution is -0.139. The van der Waals surface area contributed by atoms with Gasteiger partial charge in [0.1, 0.15) is 17.5 Å². The molecule has 2 fully saturated rings. The number of hydrogen-bond donors (Lipinski definition) is 1. The highest BCUT2D eigenvalue weighted by Gasteiger charge is 2.59. The van der Waals surface area contributed by atoms with Crippen molar-refractivity contribution in [2.75, 3.05) is 13.1 Å². The van der Waals surface area contributed by atoms with Gasteiger partial charge in [0.2, 0.25) is 5.71 Å². The Balaban J connectivity index is 1.62. The summed E-state index contributed by atoms with van der Waals surface area (Å²) < 4.78 is 6.82. The molecule has 1 amide bonds. The summed E-state index contributed by atoms with van der Waals surface area (Å²) in [5.41, 5.74) is -0.0176. The van der Waals surface area contributed by atoms with Crippen LogP contribution in [0, 0.1) is 18.3 Å². The number of piperidine rings is 1. The Labute approximate surface area is 143 Å². The van der Waals surface area contributed by atoms with E-state index in [0.29, 0.717) is 38.1 Å². The maximum Gasteiger partial charge on any atom is 0.307 e. The fourth-order valence-corrected chi connectivity index (χ4v) is 4.01. The van der Waals surface area contributed by atoms with Crippen molar-refractivity contribution < 1.29 is 19.1 Å². The number of aliphatic carboxylic acids is 1. The minimum atomic E-state index is -0.744. The molecule has 0 radical (unpaired) electrons. The van der Waals surface area contributed by atoms with Crippen molar-refractivity contribution in [2.24, 2.45) is 18.4 Å². The van der Waals surface area contributed by atoms with Crippen LogP contribution in [0.15, 0.2) is 15.5 Å². The first-order valence-corrected chi connectivity index (χ1v) is 8.31. The van der Waals surface area contributed by atoms with Gasteiger partial charge >= 0.3 is 5.97 Å². The fraction of sp³-hybridized carbons (Fsp3) is 0.529. The van der Waals surface area contributed by atoms with Crippen LogP contribution in [0.4, 0.5) is 0 Å². The van der Waals surface area contributed by atoms with Crippen molar-refractivity contribution in [1.29, 1.82) is 0 Å². The molecule has 0 bridgehead atoms. The van der Waals surface area contributed by atoms with E-state index in [1.165, 1.54) is 10.9 Å². The van der Waals surface area contributed by atoms with Gasteiger partial charge in [0.05, 0.1) is 11.5 Å². The highest BCUT2D eigenvalue weighted by atomic mass is 16.4. The molecule has 1 spiro atoms. The van der Waals surface area contributed by atoms with Crippen LogP contribution in [-0.2, 0) is 11.8 Å². The van der Waals surface area contributed by atoms with Crippen molar-refractivity contribution in [3.63, 3.8) is 0 Å². The van der Waals surface area contributed by atoms with Crippen LogP contribution in [0.2, 0.25) is 0 Å². The van der Waals surface area contributed by atoms with Gasteiger partial charge in [-0.25, -0.2) is 4.98 Å². The van der Waals surface area contributed by atoms with Crippen LogP contribution in [0.3, 0.4) is 0 Å². The maximum absolute atomic E-state index is 13.0. The molecule has 8 heteroatoms. The lowest BCUT2D eigenvalue weighted by Gasteiger charge is -2.32. The number of carboxylic acid groups (broad SMARTS) is 1. The SMILES string of the molecule is Cc1oc2ncn(C)c(=O)c2c1C(=O)N1CCC2(CC1)CC2C(=O)O. The second kappa shape index (κ2) is 5.18. The molecular weight excluding hydrogens is 326 g/mol. The zero-order valence-corrected chi connectivity index (χ0v) is 14.1. The largest absolute Gasteiger partial charge is 0.481 e. The first kappa shape index (κ1) is 15.9. The summed E-state index contributed by atoms with van der Waals surface area (Å²) in [5.74, 6) is -0.890. The Morgan fingerprint density at radius 2 is 2.04 bits per heavy atom. The smallest absolute Gasteiger partial charge is 0.307 e. The van der Waals surface area contributed by atoms with E-state index in [-0.39, 0.29) is 39.5 Å². The zero-order valence-electron chi connectivity index (χ0n) is 14.1. The molecule has 2 aromatic heterocycles. The minimum absolute atomic E-state index is 0.145. The van der Waals surface area contributed by atoms with Crippen molar-refractivity contribution in [3.05, 3.63) is 28.0 Å². The molecule has 3 heterocycles. The van der Waals surface area contributed by atoms with E-state index in [0.717, 1.165) is 0 Å². The molecule has 1 saturated carbocycles. The predicted molar refractivity (Wildman–Crippen MR) is 87.3 cm³/mol. The third-order valence-corrected chi connectivity index (χ3v) is 5.70. The van der Waals surface area contributed by atoms with Gasteiger partial charge in [0.25, 0.3) is 11.5 Å². The van der Waals surface area contributed by atoms with Crippen LogP contribution in [0.5, 0.6) is 0 Å². The van der Waals surface area contributed by atoms with E-state index >= 15 is 0 Å².